The Balaban J connectivity index is 2.47. The summed E-state index contributed by atoms with van der Waals surface area (Å²) in [6.07, 6.45) is 3.75. The highest BCUT2D eigenvalue weighted by atomic mass is 19.1. The van der Waals surface area contributed by atoms with Crippen LogP contribution in [0.15, 0.2) is 16.8 Å². The molecule has 0 aliphatic carbocycles. The minimum absolute atomic E-state index is 0.168. The van der Waals surface area contributed by atoms with Crippen molar-refractivity contribution in [1.82, 2.24) is 10.2 Å². The van der Waals surface area contributed by atoms with E-state index in [1.165, 1.54) is 0 Å². The number of hydrogen-bond acceptors (Lipinski definition) is 3. The second kappa shape index (κ2) is 8.15. The molecule has 110 valence electrons. The Morgan fingerprint density at radius 2 is 2.26 bits per heavy atom. The Hall–Kier alpha value is -1.10. The summed E-state index contributed by atoms with van der Waals surface area (Å²) < 4.78 is 19.3. The third kappa shape index (κ3) is 4.82. The van der Waals surface area contributed by atoms with Gasteiger partial charge in [-0.1, -0.05) is 19.9 Å². The molecule has 19 heavy (non-hydrogen) atoms. The largest absolute Gasteiger partial charge is 0.463 e. The molecule has 0 bridgehead atoms. The van der Waals surface area contributed by atoms with Crippen molar-refractivity contribution >= 4 is 6.02 Å². The summed E-state index contributed by atoms with van der Waals surface area (Å²) in [5, 5.41) is 3.16. The van der Waals surface area contributed by atoms with Gasteiger partial charge in [-0.2, -0.15) is 0 Å². The minimum atomic E-state index is -0.806. The quantitative estimate of drug-likeness (QED) is 0.616. The highest BCUT2D eigenvalue weighted by molar-refractivity contribution is 5.75. The van der Waals surface area contributed by atoms with E-state index in [1.807, 2.05) is 11.9 Å². The molecule has 1 fully saturated rings. The number of likely N-dealkylation sites (N-methyl/N-ethyl adjacent to an activating group) is 1. The maximum absolute atomic E-state index is 13.6. The molecule has 0 spiro atoms. The number of halogens is 1. The van der Waals surface area contributed by atoms with E-state index < -0.39 is 6.17 Å². The zero-order valence-electron chi connectivity index (χ0n) is 12.4. The molecular weight excluding hydrogens is 245 g/mol. The van der Waals surface area contributed by atoms with Crippen LogP contribution in [-0.4, -0.2) is 50.4 Å². The van der Waals surface area contributed by atoms with Crippen molar-refractivity contribution in [2.45, 2.75) is 45.3 Å². The molecule has 0 unspecified atom stereocenters. The first-order valence-electron chi connectivity index (χ1n) is 7.02. The van der Waals surface area contributed by atoms with Gasteiger partial charge in [0.2, 0.25) is 0 Å². The summed E-state index contributed by atoms with van der Waals surface area (Å²) in [5.74, 6) is 0. The van der Waals surface area contributed by atoms with E-state index >= 15 is 0 Å². The van der Waals surface area contributed by atoms with Gasteiger partial charge in [0.15, 0.2) is 0 Å². The lowest BCUT2D eigenvalue weighted by Gasteiger charge is -2.22. The topological polar surface area (TPSA) is 36.9 Å². The number of hydrogen-bond donors (Lipinski definition) is 1. The standard InChI is InChI=1S/C14H26FN3O/c1-5-7-11(6-2)17-14(16-3)19-10-13-12(15)8-9-18(13)4/h7,12-13H,5-6,8-10H2,1-4H3,(H,16,17)/b11-7+/t12-,13+/m0/s1. The molecule has 0 aromatic rings. The van der Waals surface area contributed by atoms with Crippen LogP contribution in [0.4, 0.5) is 4.39 Å². The third-order valence-corrected chi connectivity index (χ3v) is 3.43. The molecule has 0 radical (unpaired) electrons. The number of nitrogens with one attached hydrogen (secondary N) is 1. The van der Waals surface area contributed by atoms with Crippen LogP contribution in [-0.2, 0) is 4.74 Å². The Morgan fingerprint density at radius 1 is 1.53 bits per heavy atom. The zero-order chi connectivity index (χ0) is 14.3. The second-order valence-electron chi connectivity index (χ2n) is 4.81. The van der Waals surface area contributed by atoms with Gasteiger partial charge in [-0.25, -0.2) is 9.38 Å². The van der Waals surface area contributed by atoms with Gasteiger partial charge in [0.05, 0.1) is 6.04 Å². The van der Waals surface area contributed by atoms with Crippen molar-refractivity contribution in [3.8, 4) is 0 Å². The van der Waals surface area contributed by atoms with Gasteiger partial charge >= 0.3 is 0 Å². The fourth-order valence-corrected chi connectivity index (χ4v) is 2.18. The molecular formula is C14H26FN3O. The van der Waals surface area contributed by atoms with Crippen LogP contribution >= 0.6 is 0 Å². The van der Waals surface area contributed by atoms with Crippen LogP contribution in [0.25, 0.3) is 0 Å². The van der Waals surface area contributed by atoms with E-state index in [-0.39, 0.29) is 6.04 Å². The van der Waals surface area contributed by atoms with Crippen LogP contribution in [0.2, 0.25) is 0 Å². The fraction of sp³-hybridized carbons (Fsp3) is 0.786. The molecule has 5 heteroatoms. The van der Waals surface area contributed by atoms with Crippen LogP contribution < -0.4 is 5.32 Å². The van der Waals surface area contributed by atoms with Crippen LogP contribution in [0.3, 0.4) is 0 Å². The van der Waals surface area contributed by atoms with E-state index in [2.05, 4.69) is 30.2 Å². The second-order valence-corrected chi connectivity index (χ2v) is 4.81. The first-order valence-corrected chi connectivity index (χ1v) is 7.02. The maximum atomic E-state index is 13.6. The minimum Gasteiger partial charge on any atom is -0.463 e. The molecule has 1 aliphatic heterocycles. The number of nitrogens with zero attached hydrogens (tertiary/aromatic N) is 2. The van der Waals surface area contributed by atoms with Gasteiger partial charge in [-0.15, -0.1) is 0 Å². The molecule has 1 heterocycles. The smallest absolute Gasteiger partial charge is 0.288 e. The maximum Gasteiger partial charge on any atom is 0.288 e. The molecule has 0 saturated carbocycles. The summed E-state index contributed by atoms with van der Waals surface area (Å²) in [7, 11) is 3.60. The average Bonchev–Trinajstić information content (AvgIpc) is 2.73. The Morgan fingerprint density at radius 3 is 2.74 bits per heavy atom. The SMILES string of the molecule is CC/C=C(\CC)NC(=NC)OC[C@@H]1[C@@H](F)CCN1C. The van der Waals surface area contributed by atoms with Crippen molar-refractivity contribution in [3.05, 3.63) is 11.8 Å². The van der Waals surface area contributed by atoms with E-state index in [9.17, 15) is 4.39 Å². The number of aliphatic imine (C=N–C) groups is 1. The number of allylic oxidation sites excluding steroid dienone is 2. The van der Waals surface area contributed by atoms with Crippen molar-refractivity contribution < 1.29 is 9.13 Å². The lowest BCUT2D eigenvalue weighted by Crippen LogP contribution is -2.37. The first kappa shape index (κ1) is 16.0. The number of amidine groups is 1. The Bertz CT molecular complexity index is 321. The average molecular weight is 271 g/mol. The lowest BCUT2D eigenvalue weighted by atomic mass is 10.2. The predicted octanol–water partition coefficient (Wildman–Crippen LogP) is 2.32. The summed E-state index contributed by atoms with van der Waals surface area (Å²) >= 11 is 0. The molecule has 1 saturated heterocycles. The highest BCUT2D eigenvalue weighted by Gasteiger charge is 2.32. The number of likely N-dealkylation sites (tertiary alicyclic amines) is 1. The van der Waals surface area contributed by atoms with E-state index in [4.69, 9.17) is 4.74 Å². The molecule has 0 amide bonds. The van der Waals surface area contributed by atoms with Crippen molar-refractivity contribution in [3.63, 3.8) is 0 Å². The zero-order valence-corrected chi connectivity index (χ0v) is 12.4. The predicted molar refractivity (Wildman–Crippen MR) is 77.0 cm³/mol. The molecule has 1 aliphatic rings. The highest BCUT2D eigenvalue weighted by Crippen LogP contribution is 2.19. The van der Waals surface area contributed by atoms with Crippen LogP contribution in [0.5, 0.6) is 0 Å². The van der Waals surface area contributed by atoms with Crippen molar-refractivity contribution in [1.29, 1.82) is 0 Å². The normalized spacial score (nSPS) is 25.7. The summed E-state index contributed by atoms with van der Waals surface area (Å²) in [6.45, 7) is 5.28. The van der Waals surface area contributed by atoms with Gasteiger partial charge in [0.25, 0.3) is 6.02 Å². The molecule has 1 N–H and O–H groups in total. The monoisotopic (exact) mass is 271 g/mol. The number of alkyl halides is 1. The summed E-state index contributed by atoms with van der Waals surface area (Å²) in [5.41, 5.74) is 1.08. The van der Waals surface area contributed by atoms with Gasteiger partial charge in [0.1, 0.15) is 12.8 Å². The fourth-order valence-electron chi connectivity index (χ4n) is 2.18. The third-order valence-electron chi connectivity index (χ3n) is 3.43. The lowest BCUT2D eigenvalue weighted by molar-refractivity contribution is 0.138. The summed E-state index contributed by atoms with van der Waals surface area (Å²) in [4.78, 5) is 6.07. The van der Waals surface area contributed by atoms with E-state index in [1.54, 1.807) is 7.05 Å². The molecule has 2 atom stereocenters. The van der Waals surface area contributed by atoms with Gasteiger partial charge < -0.3 is 10.1 Å². The number of rotatable bonds is 5. The molecule has 0 aromatic carbocycles. The summed E-state index contributed by atoms with van der Waals surface area (Å²) in [6, 6.07) is 0.299. The van der Waals surface area contributed by atoms with Gasteiger partial charge in [-0.05, 0) is 26.3 Å². The van der Waals surface area contributed by atoms with Gasteiger partial charge in [-0.3, -0.25) is 4.90 Å². The number of ether oxygens (including phenoxy) is 1. The van der Waals surface area contributed by atoms with E-state index in [0.29, 0.717) is 19.0 Å². The van der Waals surface area contributed by atoms with Crippen molar-refractivity contribution in [2.75, 3.05) is 27.2 Å². The van der Waals surface area contributed by atoms with Crippen molar-refractivity contribution in [2.24, 2.45) is 4.99 Å². The first-order chi connectivity index (χ1) is 9.12. The van der Waals surface area contributed by atoms with Crippen LogP contribution in [0, 0.1) is 0 Å². The molecule has 4 nitrogen and oxygen atoms in total. The Kier molecular flexibility index (Phi) is 6.84. The molecule has 0 aromatic heterocycles. The Labute approximate surface area is 115 Å². The van der Waals surface area contributed by atoms with Gasteiger partial charge in [0, 0.05) is 19.3 Å². The van der Waals surface area contributed by atoms with Crippen LogP contribution in [0.1, 0.15) is 33.1 Å². The van der Waals surface area contributed by atoms with E-state index in [0.717, 1.165) is 25.1 Å². The molecule has 1 rings (SSSR count).